The molecule has 0 bridgehead atoms. The Morgan fingerprint density at radius 3 is 2.56 bits per heavy atom. The van der Waals surface area contributed by atoms with Gasteiger partial charge in [-0.1, -0.05) is 30.3 Å². The molecule has 1 saturated heterocycles. The molecular weight excluding hydrogens is 314 g/mol. The molecule has 25 heavy (non-hydrogen) atoms. The number of piperidine rings is 1. The minimum Gasteiger partial charge on any atom is -0.489 e. The van der Waals surface area contributed by atoms with Crippen molar-refractivity contribution < 1.29 is 14.6 Å². The molecule has 2 atom stereocenters. The highest BCUT2D eigenvalue weighted by atomic mass is 16.5. The van der Waals surface area contributed by atoms with Crippen molar-refractivity contribution in [1.82, 2.24) is 4.90 Å². The summed E-state index contributed by atoms with van der Waals surface area (Å²) in [6, 6.07) is 17.1. The molecule has 1 amide bonds. The molecule has 0 radical (unpaired) electrons. The van der Waals surface area contributed by atoms with Crippen molar-refractivity contribution in [2.75, 3.05) is 6.54 Å². The Hall–Kier alpha value is -2.33. The molecule has 0 aromatic heterocycles. The van der Waals surface area contributed by atoms with Crippen molar-refractivity contribution in [3.8, 4) is 5.75 Å². The third-order valence-electron chi connectivity index (χ3n) is 4.72. The summed E-state index contributed by atoms with van der Waals surface area (Å²) in [7, 11) is 0. The number of amides is 1. The van der Waals surface area contributed by atoms with Gasteiger partial charge in [0, 0.05) is 12.1 Å². The fourth-order valence-corrected chi connectivity index (χ4v) is 3.30. The summed E-state index contributed by atoms with van der Waals surface area (Å²) in [5, 5.41) is 9.96. The summed E-state index contributed by atoms with van der Waals surface area (Å²) in [4.78, 5) is 14.6. The first-order chi connectivity index (χ1) is 12.1. The van der Waals surface area contributed by atoms with E-state index in [4.69, 9.17) is 4.74 Å². The summed E-state index contributed by atoms with van der Waals surface area (Å²) < 4.78 is 5.73. The van der Waals surface area contributed by atoms with Crippen molar-refractivity contribution in [3.63, 3.8) is 0 Å². The molecule has 2 aromatic rings. The van der Waals surface area contributed by atoms with Crippen LogP contribution in [0.2, 0.25) is 0 Å². The fourth-order valence-electron chi connectivity index (χ4n) is 3.30. The number of carbonyl (C=O) groups excluding carboxylic acids is 1. The lowest BCUT2D eigenvalue weighted by molar-refractivity contribution is 0.0281. The van der Waals surface area contributed by atoms with Gasteiger partial charge < -0.3 is 14.7 Å². The van der Waals surface area contributed by atoms with Crippen molar-refractivity contribution in [3.05, 3.63) is 65.7 Å². The smallest absolute Gasteiger partial charge is 0.254 e. The fraction of sp³-hybridized carbons (Fsp3) is 0.381. The Morgan fingerprint density at radius 1 is 1.16 bits per heavy atom. The molecule has 4 heteroatoms. The van der Waals surface area contributed by atoms with Crippen molar-refractivity contribution in [1.29, 1.82) is 0 Å². The average Bonchev–Trinajstić information content (AvgIpc) is 2.67. The van der Waals surface area contributed by atoms with Crippen molar-refractivity contribution >= 4 is 5.91 Å². The number of ether oxygens (including phenoxy) is 1. The summed E-state index contributed by atoms with van der Waals surface area (Å²) in [5.74, 6) is 0.830. The van der Waals surface area contributed by atoms with Gasteiger partial charge in [0.15, 0.2) is 0 Å². The largest absolute Gasteiger partial charge is 0.489 e. The Bertz CT molecular complexity index is 682. The molecule has 2 unspecified atom stereocenters. The van der Waals surface area contributed by atoms with Crippen LogP contribution >= 0.6 is 0 Å². The third-order valence-corrected chi connectivity index (χ3v) is 4.72. The van der Waals surface area contributed by atoms with Crippen LogP contribution in [0.25, 0.3) is 0 Å². The Balaban J connectivity index is 1.64. The van der Waals surface area contributed by atoms with Gasteiger partial charge in [-0.2, -0.15) is 0 Å². The van der Waals surface area contributed by atoms with Crippen LogP contribution < -0.4 is 4.74 Å². The highest BCUT2D eigenvalue weighted by Crippen LogP contribution is 2.22. The van der Waals surface area contributed by atoms with Crippen LogP contribution in [0.3, 0.4) is 0 Å². The Morgan fingerprint density at radius 2 is 1.88 bits per heavy atom. The average molecular weight is 339 g/mol. The highest BCUT2D eigenvalue weighted by Gasteiger charge is 2.30. The predicted molar refractivity (Wildman–Crippen MR) is 97.6 cm³/mol. The van der Waals surface area contributed by atoms with Gasteiger partial charge in [0.2, 0.25) is 0 Å². The first kappa shape index (κ1) is 17.5. The van der Waals surface area contributed by atoms with Crippen LogP contribution in [-0.2, 0) is 6.61 Å². The Labute approximate surface area is 149 Å². The van der Waals surface area contributed by atoms with Gasteiger partial charge >= 0.3 is 0 Å². The second kappa shape index (κ2) is 8.17. The molecule has 0 spiro atoms. The van der Waals surface area contributed by atoms with E-state index in [1.54, 1.807) is 6.92 Å². The minimum atomic E-state index is -0.497. The van der Waals surface area contributed by atoms with Gasteiger partial charge in [0.05, 0.1) is 12.1 Å². The molecular formula is C21H25NO3. The van der Waals surface area contributed by atoms with Gasteiger partial charge in [-0.3, -0.25) is 4.79 Å². The van der Waals surface area contributed by atoms with E-state index in [1.165, 1.54) is 0 Å². The monoisotopic (exact) mass is 339 g/mol. The summed E-state index contributed by atoms with van der Waals surface area (Å²) in [6.07, 6.45) is 2.43. The number of aliphatic hydroxyl groups is 1. The van der Waals surface area contributed by atoms with E-state index in [-0.39, 0.29) is 11.9 Å². The number of aliphatic hydroxyl groups excluding tert-OH is 1. The number of rotatable bonds is 5. The van der Waals surface area contributed by atoms with E-state index >= 15 is 0 Å². The van der Waals surface area contributed by atoms with E-state index < -0.39 is 6.10 Å². The summed E-state index contributed by atoms with van der Waals surface area (Å²) >= 11 is 0. The van der Waals surface area contributed by atoms with Crippen molar-refractivity contribution in [2.24, 2.45) is 0 Å². The minimum absolute atomic E-state index is 0.00104. The highest BCUT2D eigenvalue weighted by molar-refractivity contribution is 5.94. The van der Waals surface area contributed by atoms with Crippen LogP contribution in [0.5, 0.6) is 5.75 Å². The SMILES string of the molecule is CC(O)C1CCCCN1C(=O)c1ccc(COc2ccccc2)cc1. The number of hydrogen-bond acceptors (Lipinski definition) is 3. The van der Waals surface area contributed by atoms with Gasteiger partial charge in [-0.05, 0) is 56.0 Å². The first-order valence-corrected chi connectivity index (χ1v) is 8.91. The van der Waals surface area contributed by atoms with Crippen LogP contribution in [0.1, 0.15) is 42.1 Å². The zero-order valence-corrected chi connectivity index (χ0v) is 14.6. The number of nitrogens with zero attached hydrogens (tertiary/aromatic N) is 1. The van der Waals surface area contributed by atoms with Gasteiger partial charge in [0.1, 0.15) is 12.4 Å². The number of likely N-dealkylation sites (tertiary alicyclic amines) is 1. The molecule has 0 saturated carbocycles. The van der Waals surface area contributed by atoms with E-state index in [0.717, 1.165) is 30.6 Å². The maximum absolute atomic E-state index is 12.8. The molecule has 4 nitrogen and oxygen atoms in total. The normalized spacial score (nSPS) is 18.6. The number of para-hydroxylation sites is 1. The van der Waals surface area contributed by atoms with Crippen LogP contribution in [-0.4, -0.2) is 34.6 Å². The lowest BCUT2D eigenvalue weighted by Crippen LogP contribution is -2.48. The molecule has 1 aliphatic heterocycles. The van der Waals surface area contributed by atoms with E-state index in [9.17, 15) is 9.90 Å². The number of hydrogen-bond donors (Lipinski definition) is 1. The van der Waals surface area contributed by atoms with Gasteiger partial charge in [-0.25, -0.2) is 0 Å². The quantitative estimate of drug-likeness (QED) is 0.905. The number of carbonyl (C=O) groups is 1. The maximum Gasteiger partial charge on any atom is 0.254 e. The van der Waals surface area contributed by atoms with Crippen LogP contribution in [0, 0.1) is 0 Å². The zero-order valence-electron chi connectivity index (χ0n) is 14.6. The van der Waals surface area contributed by atoms with E-state index in [0.29, 0.717) is 18.7 Å². The predicted octanol–water partition coefficient (Wildman–Crippen LogP) is 3.64. The number of benzene rings is 2. The van der Waals surface area contributed by atoms with Gasteiger partial charge in [-0.15, -0.1) is 0 Å². The molecule has 1 N–H and O–H groups in total. The summed E-state index contributed by atoms with van der Waals surface area (Å²) in [6.45, 7) is 2.95. The lowest BCUT2D eigenvalue weighted by atomic mass is 9.97. The molecule has 132 valence electrons. The lowest BCUT2D eigenvalue weighted by Gasteiger charge is -2.37. The van der Waals surface area contributed by atoms with E-state index in [2.05, 4.69) is 0 Å². The molecule has 1 heterocycles. The van der Waals surface area contributed by atoms with Gasteiger partial charge in [0.25, 0.3) is 5.91 Å². The molecule has 1 aliphatic rings. The molecule has 3 rings (SSSR count). The second-order valence-corrected chi connectivity index (χ2v) is 6.60. The molecule has 2 aromatic carbocycles. The van der Waals surface area contributed by atoms with Crippen molar-refractivity contribution in [2.45, 2.75) is 44.9 Å². The maximum atomic E-state index is 12.8. The molecule has 0 aliphatic carbocycles. The van der Waals surface area contributed by atoms with Crippen LogP contribution in [0.4, 0.5) is 0 Å². The second-order valence-electron chi connectivity index (χ2n) is 6.60. The molecule has 1 fully saturated rings. The van der Waals surface area contributed by atoms with E-state index in [1.807, 2.05) is 59.5 Å². The first-order valence-electron chi connectivity index (χ1n) is 8.91. The third kappa shape index (κ3) is 4.40. The standard InChI is InChI=1S/C21H25NO3/c1-16(23)20-9-5-6-14-22(20)21(24)18-12-10-17(11-13-18)15-25-19-7-3-2-4-8-19/h2-4,7-8,10-13,16,20,23H,5-6,9,14-15H2,1H3. The van der Waals surface area contributed by atoms with Crippen LogP contribution in [0.15, 0.2) is 54.6 Å². The topological polar surface area (TPSA) is 49.8 Å². The summed E-state index contributed by atoms with van der Waals surface area (Å²) in [5.41, 5.74) is 1.68. The zero-order chi connectivity index (χ0) is 17.6. The Kier molecular flexibility index (Phi) is 5.71.